The van der Waals surface area contributed by atoms with Gasteiger partial charge in [-0.15, -0.1) is 0 Å². The van der Waals surface area contributed by atoms with E-state index in [1.165, 1.54) is 126 Å². The summed E-state index contributed by atoms with van der Waals surface area (Å²) in [5, 5.41) is 11.2. The van der Waals surface area contributed by atoms with Crippen LogP contribution >= 0.6 is 0 Å². The molecule has 0 aliphatic heterocycles. The average Bonchev–Trinajstić information content (AvgIpc) is 1.55. The van der Waals surface area contributed by atoms with Crippen molar-refractivity contribution in [2.45, 2.75) is 0 Å². The lowest BCUT2D eigenvalue weighted by Crippen LogP contribution is -2.10. The number of aromatic nitrogens is 6. The van der Waals surface area contributed by atoms with Gasteiger partial charge in [-0.05, 0) is 257 Å². The molecule has 0 radical (unpaired) electrons. The third-order valence-electron chi connectivity index (χ3n) is 28.5. The van der Waals surface area contributed by atoms with E-state index < -0.39 is 0 Å². The van der Waals surface area contributed by atoms with Gasteiger partial charge >= 0.3 is 0 Å². The Kier molecular flexibility index (Phi) is 22.8. The highest BCUT2D eigenvalue weighted by molar-refractivity contribution is 6.26. The van der Waals surface area contributed by atoms with Crippen LogP contribution in [0.15, 0.2) is 588 Å². The average molecular weight is 1880 g/mol. The Bertz CT molecular complexity index is 9510. The first-order valence-electron chi connectivity index (χ1n) is 50.2. The van der Waals surface area contributed by atoms with Gasteiger partial charge in [0.2, 0.25) is 0 Å². The molecule has 22 aromatic carbocycles. The van der Waals surface area contributed by atoms with Crippen molar-refractivity contribution in [1.82, 2.24) is 27.4 Å². The molecule has 0 bridgehead atoms. The second-order valence-electron chi connectivity index (χ2n) is 37.1. The number of rotatable bonds is 19. The monoisotopic (exact) mass is 1880 g/mol. The molecule has 0 N–H and O–H groups in total. The minimum absolute atomic E-state index is 1.10. The third kappa shape index (κ3) is 16.1. The van der Waals surface area contributed by atoms with Crippen LogP contribution in [0.5, 0.6) is 0 Å². The zero-order valence-electron chi connectivity index (χ0n) is 80.5. The molecule has 694 valence electrons. The topological polar surface area (TPSA) is 39.3 Å². The molecule has 6 aromatic heterocycles. The number of hydrogen-bond acceptors (Lipinski definition) is 3. The van der Waals surface area contributed by atoms with Crippen LogP contribution in [0.2, 0.25) is 0 Å². The third-order valence-corrected chi connectivity index (χ3v) is 28.5. The largest absolute Gasteiger partial charge is 0.311 e. The number of fused-ring (bicyclic) bond motifs is 15. The van der Waals surface area contributed by atoms with Gasteiger partial charge in [0.1, 0.15) is 16.9 Å². The molecule has 0 aliphatic rings. The smallest absolute Gasteiger partial charge is 0.131 e. The molecule has 6 heterocycles. The molecule has 0 aliphatic carbocycles. The summed E-state index contributed by atoms with van der Waals surface area (Å²) in [5.74, 6) is 0. The summed E-state index contributed by atoms with van der Waals surface area (Å²) in [5.41, 5.74) is 37.0. The molecule has 0 saturated heterocycles. The predicted octanol–water partition coefficient (Wildman–Crippen LogP) is 37.3. The minimum Gasteiger partial charge on any atom is -0.311 e. The van der Waals surface area contributed by atoms with E-state index in [2.05, 4.69) is 631 Å². The fraction of sp³-hybridized carbons (Fsp3) is 0. The van der Waals surface area contributed by atoms with E-state index in [-0.39, 0.29) is 0 Å². The Morgan fingerprint density at radius 2 is 0.293 bits per heavy atom. The summed E-state index contributed by atoms with van der Waals surface area (Å²) in [6.07, 6.45) is 0. The summed E-state index contributed by atoms with van der Waals surface area (Å²) < 4.78 is 14.5. The molecule has 28 rings (SSSR count). The number of hydrogen-bond donors (Lipinski definition) is 0. The van der Waals surface area contributed by atoms with Gasteiger partial charge in [0, 0.05) is 134 Å². The van der Waals surface area contributed by atoms with Crippen molar-refractivity contribution >= 4 is 150 Å². The lowest BCUT2D eigenvalue weighted by molar-refractivity contribution is 1.07. The first-order chi connectivity index (χ1) is 73.0. The van der Waals surface area contributed by atoms with E-state index in [9.17, 15) is 0 Å². The molecule has 147 heavy (non-hydrogen) atoms. The lowest BCUT2D eigenvalue weighted by atomic mass is 10.0. The maximum atomic E-state index is 2.44. The molecule has 9 nitrogen and oxygen atoms in total. The van der Waals surface area contributed by atoms with Crippen LogP contribution in [0, 0.1) is 0 Å². The van der Waals surface area contributed by atoms with Crippen LogP contribution in [0.25, 0.3) is 177 Å². The minimum atomic E-state index is 1.10. The summed E-state index contributed by atoms with van der Waals surface area (Å²) in [6, 6.07) is 211. The van der Waals surface area contributed by atoms with Crippen LogP contribution in [-0.4, -0.2) is 27.4 Å². The van der Waals surface area contributed by atoms with E-state index in [4.69, 9.17) is 0 Å². The Labute approximate surface area is 852 Å². The highest BCUT2D eigenvalue weighted by Crippen LogP contribution is 2.50. The van der Waals surface area contributed by atoms with Crippen LogP contribution in [0.3, 0.4) is 0 Å². The molecular formula is C138H97N9. The van der Waals surface area contributed by atoms with Gasteiger partial charge in [0.15, 0.2) is 0 Å². The fourth-order valence-corrected chi connectivity index (χ4v) is 21.9. The Balaban J connectivity index is 0.000000112. The molecule has 9 heteroatoms. The van der Waals surface area contributed by atoms with Gasteiger partial charge in [-0.2, -0.15) is 0 Å². The summed E-state index contributed by atoms with van der Waals surface area (Å²) in [4.78, 5) is 7.03. The predicted molar refractivity (Wildman–Crippen MR) is 619 cm³/mol. The highest BCUT2D eigenvalue weighted by Gasteiger charge is 2.29. The van der Waals surface area contributed by atoms with E-state index in [0.29, 0.717) is 0 Å². The maximum Gasteiger partial charge on any atom is 0.131 e. The second-order valence-corrected chi connectivity index (χ2v) is 37.1. The Morgan fingerprint density at radius 3 is 0.599 bits per heavy atom. The van der Waals surface area contributed by atoms with E-state index >= 15 is 0 Å². The van der Waals surface area contributed by atoms with Crippen molar-refractivity contribution in [3.05, 3.63) is 588 Å². The first kappa shape index (κ1) is 87.5. The van der Waals surface area contributed by atoms with Gasteiger partial charge in [-0.1, -0.05) is 376 Å². The maximum absolute atomic E-state index is 2.44. The standard InChI is InChI=1S/C50H35N3.2C44H31N3/c1-5-15-36(16-6-1)37-25-30-43(31-26-37)51(40-17-7-2-8-18-40)44-32-27-38(28-33-44)39-29-34-46-48(35-39)53(42-21-11-4-12-22-42)50-49(46)45-23-13-14-24-47(45)52(50)41-19-9-3-10-20-41;1-5-15-32(16-6-1)33-25-27-37(28-26-33)45(34-17-7-2-8-18-34)38-29-30-42-40(31-38)43-39-23-13-14-24-41(39)46(35-19-9-3-10-20-35)44(43)47(42)36-21-11-4-12-22-36;1-5-15-32(16-6-1)33-25-27-37(28-26-33)45(34-17-7-2-8-18-34)38-29-30-40-42(31-38)47(36-21-11-4-12-22-36)44-43(40)39-23-13-14-24-41(39)46(44)35-19-9-3-10-20-35/h1-35H;2*1-31H. The Hall–Kier alpha value is -19.7. The summed E-state index contributed by atoms with van der Waals surface area (Å²) >= 11 is 0. The summed E-state index contributed by atoms with van der Waals surface area (Å²) in [6.45, 7) is 0. The molecule has 0 fully saturated rings. The lowest BCUT2D eigenvalue weighted by Gasteiger charge is -2.26. The van der Waals surface area contributed by atoms with Crippen LogP contribution in [0.4, 0.5) is 51.2 Å². The Morgan fingerprint density at radius 1 is 0.109 bits per heavy atom. The van der Waals surface area contributed by atoms with Crippen molar-refractivity contribution < 1.29 is 0 Å². The molecule has 0 spiro atoms. The molecule has 28 aromatic rings. The van der Waals surface area contributed by atoms with Crippen molar-refractivity contribution in [1.29, 1.82) is 0 Å². The first-order valence-corrected chi connectivity index (χ1v) is 50.2. The van der Waals surface area contributed by atoms with Gasteiger partial charge in [0.25, 0.3) is 0 Å². The fourth-order valence-electron chi connectivity index (χ4n) is 21.9. The van der Waals surface area contributed by atoms with Crippen molar-refractivity contribution in [2.75, 3.05) is 14.7 Å². The quantitative estimate of drug-likeness (QED) is 0.0810. The number of para-hydroxylation sites is 12. The van der Waals surface area contributed by atoms with Crippen LogP contribution in [-0.2, 0) is 0 Å². The van der Waals surface area contributed by atoms with E-state index in [0.717, 1.165) is 102 Å². The highest BCUT2D eigenvalue weighted by atomic mass is 15.2. The molecular weight excluding hydrogens is 1780 g/mol. The zero-order valence-corrected chi connectivity index (χ0v) is 80.5. The zero-order chi connectivity index (χ0) is 97.5. The normalized spacial score (nSPS) is 11.4. The van der Waals surface area contributed by atoms with Crippen molar-refractivity contribution in [2.24, 2.45) is 0 Å². The van der Waals surface area contributed by atoms with Gasteiger partial charge < -0.3 is 14.7 Å². The molecule has 0 unspecified atom stereocenters. The number of anilines is 9. The molecule has 0 amide bonds. The van der Waals surface area contributed by atoms with Crippen LogP contribution < -0.4 is 14.7 Å². The second kappa shape index (κ2) is 38.4. The van der Waals surface area contributed by atoms with E-state index in [1.54, 1.807) is 0 Å². The van der Waals surface area contributed by atoms with E-state index in [1.807, 2.05) is 0 Å². The van der Waals surface area contributed by atoms with Gasteiger partial charge in [0.05, 0.1) is 33.1 Å². The molecule has 0 atom stereocenters. The van der Waals surface area contributed by atoms with Gasteiger partial charge in [-0.3, -0.25) is 27.4 Å². The SMILES string of the molecule is c1ccc(-c2ccc(N(c3ccccc3)c3ccc(-c4ccc5c6c7ccccc7n(-c7ccccc7)c6n(-c6ccccc6)c5c4)cc3)cc2)cc1.c1ccc(-c2ccc(N(c3ccccc3)c3ccc4c(c3)c3c5ccccc5n(-c5ccccc5)c3n4-c3ccccc3)cc2)cc1.c1ccc(-c2ccc(N(c3ccccc3)c3ccc4c5c6ccccc6n(-c6ccccc6)c5n(-c5ccccc5)c4c3)cc2)cc1. The number of nitrogens with zero attached hydrogens (tertiary/aromatic N) is 9. The van der Waals surface area contributed by atoms with Crippen molar-refractivity contribution in [3.8, 4) is 78.6 Å². The van der Waals surface area contributed by atoms with Crippen LogP contribution in [0.1, 0.15) is 0 Å². The van der Waals surface area contributed by atoms with Gasteiger partial charge in [-0.25, -0.2) is 0 Å². The summed E-state index contributed by atoms with van der Waals surface area (Å²) in [7, 11) is 0. The number of benzene rings is 22. The molecule has 0 saturated carbocycles. The van der Waals surface area contributed by atoms with Crippen molar-refractivity contribution in [3.63, 3.8) is 0 Å².